The Balaban J connectivity index is 2.13. The minimum Gasteiger partial charge on any atom is -0.487 e. The Morgan fingerprint density at radius 3 is 2.44 bits per heavy atom. The number of rotatable bonds is 5. The second-order valence-electron chi connectivity index (χ2n) is 4.77. The molecule has 2 rings (SSSR count). The lowest BCUT2D eigenvalue weighted by atomic mass is 10.2. The highest BCUT2D eigenvalue weighted by atomic mass is 35.5. The van der Waals surface area contributed by atoms with Crippen molar-refractivity contribution in [1.82, 2.24) is 0 Å². The molecule has 0 aromatic heterocycles. The molecule has 0 heterocycles. The third-order valence-electron chi connectivity index (χ3n) is 3.07. The average Bonchev–Trinajstić information content (AvgIpc) is 2.61. The van der Waals surface area contributed by atoms with Gasteiger partial charge in [-0.05, 0) is 35.9 Å². The van der Waals surface area contributed by atoms with Crippen LogP contribution < -0.4 is 10.1 Å². The topological polar surface area (TPSA) is 92.6 Å². The fourth-order valence-corrected chi connectivity index (χ4v) is 2.15. The summed E-state index contributed by atoms with van der Waals surface area (Å²) in [6.45, 7) is 0.140. The number of benzene rings is 2. The lowest BCUT2D eigenvalue weighted by Crippen LogP contribution is -2.01. The number of nitrogens with one attached hydrogen (secondary N) is 1. The van der Waals surface area contributed by atoms with Gasteiger partial charge in [-0.1, -0.05) is 23.7 Å². The second-order valence-corrected chi connectivity index (χ2v) is 5.18. The first-order valence-corrected chi connectivity index (χ1v) is 7.33. The Morgan fingerprint density at radius 2 is 1.84 bits per heavy atom. The van der Waals surface area contributed by atoms with Gasteiger partial charge in [-0.15, -0.1) is 0 Å². The Hall–Kier alpha value is -3.53. The van der Waals surface area contributed by atoms with Crippen molar-refractivity contribution in [3.63, 3.8) is 0 Å². The molecule has 5 nitrogen and oxygen atoms in total. The van der Waals surface area contributed by atoms with Gasteiger partial charge in [-0.3, -0.25) is 0 Å². The zero-order valence-corrected chi connectivity index (χ0v) is 13.5. The summed E-state index contributed by atoms with van der Waals surface area (Å²) < 4.78 is 18.7. The molecule has 7 heteroatoms. The van der Waals surface area contributed by atoms with Crippen molar-refractivity contribution < 1.29 is 9.13 Å². The zero-order chi connectivity index (χ0) is 18.2. The van der Waals surface area contributed by atoms with Gasteiger partial charge in [0.15, 0.2) is 5.57 Å². The van der Waals surface area contributed by atoms with Crippen molar-refractivity contribution in [2.75, 3.05) is 5.32 Å². The standard InChI is InChI=1S/C18H10ClFN4O/c19-16-7-15(24-17(10-23)13(8-21)9-22)4-5-18(16)25-11-12-2-1-3-14(20)6-12/h1-7,24H,11H2. The van der Waals surface area contributed by atoms with Crippen LogP contribution in [0, 0.1) is 39.8 Å². The largest absolute Gasteiger partial charge is 0.487 e. The minimum atomic E-state index is -0.353. The first kappa shape index (κ1) is 17.8. The van der Waals surface area contributed by atoms with Gasteiger partial charge < -0.3 is 10.1 Å². The van der Waals surface area contributed by atoms with Gasteiger partial charge in [0, 0.05) is 5.69 Å². The van der Waals surface area contributed by atoms with Crippen molar-refractivity contribution in [2.45, 2.75) is 6.61 Å². The molecule has 0 aliphatic carbocycles. The van der Waals surface area contributed by atoms with E-state index in [2.05, 4.69) is 5.32 Å². The van der Waals surface area contributed by atoms with E-state index in [9.17, 15) is 4.39 Å². The molecule has 2 aromatic carbocycles. The summed E-state index contributed by atoms with van der Waals surface area (Å²) in [7, 11) is 0. The van der Waals surface area contributed by atoms with E-state index in [1.165, 1.54) is 18.2 Å². The van der Waals surface area contributed by atoms with Crippen molar-refractivity contribution in [1.29, 1.82) is 15.8 Å². The van der Waals surface area contributed by atoms with Gasteiger partial charge >= 0.3 is 0 Å². The lowest BCUT2D eigenvalue weighted by Gasteiger charge is -2.11. The van der Waals surface area contributed by atoms with Gasteiger partial charge in [0.1, 0.15) is 42.1 Å². The molecule has 0 aliphatic heterocycles. The second kappa shape index (κ2) is 8.36. The van der Waals surface area contributed by atoms with Crippen LogP contribution in [0.2, 0.25) is 5.02 Å². The van der Waals surface area contributed by atoms with E-state index in [1.807, 2.05) is 0 Å². The van der Waals surface area contributed by atoms with Gasteiger partial charge in [-0.25, -0.2) is 4.39 Å². The predicted molar refractivity (Wildman–Crippen MR) is 89.7 cm³/mol. The molecule has 0 amide bonds. The molecule has 0 fully saturated rings. The number of halogens is 2. The van der Waals surface area contributed by atoms with Crippen LogP contribution in [0.1, 0.15) is 5.56 Å². The molecule has 0 radical (unpaired) electrons. The molecule has 0 saturated heterocycles. The maximum absolute atomic E-state index is 13.1. The van der Waals surface area contributed by atoms with Crippen molar-refractivity contribution in [3.8, 4) is 24.0 Å². The van der Waals surface area contributed by atoms with E-state index in [4.69, 9.17) is 32.1 Å². The summed E-state index contributed by atoms with van der Waals surface area (Å²) in [4.78, 5) is 0. The summed E-state index contributed by atoms with van der Waals surface area (Å²) in [6.07, 6.45) is 0. The number of hydrogen-bond donors (Lipinski definition) is 1. The summed E-state index contributed by atoms with van der Waals surface area (Å²) in [6, 6.07) is 15.7. The fraction of sp³-hybridized carbons (Fsp3) is 0.0556. The molecule has 0 saturated carbocycles. The smallest absolute Gasteiger partial charge is 0.163 e. The van der Waals surface area contributed by atoms with E-state index in [-0.39, 0.29) is 28.7 Å². The van der Waals surface area contributed by atoms with Crippen LogP contribution in [0.5, 0.6) is 5.75 Å². The Bertz CT molecular complexity index is 935. The van der Waals surface area contributed by atoms with Crippen LogP contribution in [0.25, 0.3) is 0 Å². The third kappa shape index (κ3) is 4.72. The SMILES string of the molecule is N#CC(C#N)=C(C#N)Nc1ccc(OCc2cccc(F)c2)c(Cl)c1. The molecule has 0 unspecified atom stereocenters. The molecule has 0 spiro atoms. The summed E-state index contributed by atoms with van der Waals surface area (Å²) in [5.41, 5.74) is 0.572. The molecule has 0 aliphatic rings. The number of nitrogens with zero attached hydrogens (tertiary/aromatic N) is 3. The molecule has 25 heavy (non-hydrogen) atoms. The highest BCUT2D eigenvalue weighted by molar-refractivity contribution is 6.32. The van der Waals surface area contributed by atoms with Crippen molar-refractivity contribution >= 4 is 17.3 Å². The van der Waals surface area contributed by atoms with Gasteiger partial charge in [-0.2, -0.15) is 15.8 Å². The first-order chi connectivity index (χ1) is 12.1. The molecule has 1 N–H and O–H groups in total. The van der Waals surface area contributed by atoms with Crippen LogP contribution in [0.3, 0.4) is 0 Å². The molecular formula is C18H10ClFN4O. The molecule has 122 valence electrons. The van der Waals surface area contributed by atoms with Gasteiger partial charge in [0.25, 0.3) is 0 Å². The summed E-state index contributed by atoms with van der Waals surface area (Å²) in [5, 5.41) is 29.6. The minimum absolute atomic E-state index is 0.140. The number of anilines is 1. The van der Waals surface area contributed by atoms with Crippen LogP contribution in [0.15, 0.2) is 53.7 Å². The first-order valence-electron chi connectivity index (χ1n) is 6.95. The maximum Gasteiger partial charge on any atom is 0.163 e. The normalized spacial score (nSPS) is 9.24. The number of nitriles is 3. The summed E-state index contributed by atoms with van der Waals surface area (Å²) >= 11 is 6.13. The van der Waals surface area contributed by atoms with Crippen LogP contribution in [0.4, 0.5) is 10.1 Å². The Morgan fingerprint density at radius 1 is 1.08 bits per heavy atom. The zero-order valence-electron chi connectivity index (χ0n) is 12.8. The van der Waals surface area contributed by atoms with Gasteiger partial charge in [0.2, 0.25) is 0 Å². The van der Waals surface area contributed by atoms with E-state index < -0.39 is 0 Å². The van der Waals surface area contributed by atoms with Crippen LogP contribution in [-0.4, -0.2) is 0 Å². The molecule has 0 bridgehead atoms. The van der Waals surface area contributed by atoms with Crippen molar-refractivity contribution in [2.24, 2.45) is 0 Å². The van der Waals surface area contributed by atoms with E-state index in [1.54, 1.807) is 42.5 Å². The average molecular weight is 353 g/mol. The van der Waals surface area contributed by atoms with E-state index >= 15 is 0 Å². The number of hydrogen-bond acceptors (Lipinski definition) is 5. The van der Waals surface area contributed by atoms with Gasteiger partial charge in [0.05, 0.1) is 5.02 Å². The van der Waals surface area contributed by atoms with E-state index in [0.717, 1.165) is 0 Å². The maximum atomic E-state index is 13.1. The van der Waals surface area contributed by atoms with Crippen LogP contribution >= 0.6 is 11.6 Å². The lowest BCUT2D eigenvalue weighted by molar-refractivity contribution is 0.306. The van der Waals surface area contributed by atoms with Crippen molar-refractivity contribution in [3.05, 3.63) is 70.1 Å². The third-order valence-corrected chi connectivity index (χ3v) is 3.37. The van der Waals surface area contributed by atoms with Crippen LogP contribution in [-0.2, 0) is 6.61 Å². The molecular weight excluding hydrogens is 343 g/mol. The predicted octanol–water partition coefficient (Wildman–Crippen LogP) is 4.29. The number of ether oxygens (including phenoxy) is 1. The number of allylic oxidation sites excluding steroid dienone is 2. The highest BCUT2D eigenvalue weighted by Crippen LogP contribution is 2.29. The molecule has 2 aromatic rings. The summed E-state index contributed by atoms with van der Waals surface area (Å²) in [5.74, 6) is 0.0214. The molecule has 0 atom stereocenters. The van der Waals surface area contributed by atoms with E-state index in [0.29, 0.717) is 17.0 Å². The quantitative estimate of drug-likeness (QED) is 0.810. The Labute approximate surface area is 148 Å². The monoisotopic (exact) mass is 352 g/mol. The highest BCUT2D eigenvalue weighted by Gasteiger charge is 2.09. The fourth-order valence-electron chi connectivity index (χ4n) is 1.91. The Kier molecular flexibility index (Phi) is 5.96.